The molecule has 1 rings (SSSR count). The van der Waals surface area contributed by atoms with Crippen LogP contribution in [0.25, 0.3) is 0 Å². The number of hydrogen-bond donors (Lipinski definition) is 1. The van der Waals surface area contributed by atoms with E-state index in [1.807, 2.05) is 13.2 Å². The van der Waals surface area contributed by atoms with E-state index < -0.39 is 11.9 Å². The van der Waals surface area contributed by atoms with Crippen LogP contribution in [-0.2, 0) is 17.4 Å². The molecule has 0 aliphatic carbocycles. The lowest BCUT2D eigenvalue weighted by Crippen LogP contribution is -2.31. The van der Waals surface area contributed by atoms with Gasteiger partial charge in [0.2, 0.25) is 5.91 Å². The van der Waals surface area contributed by atoms with Crippen molar-refractivity contribution in [2.75, 3.05) is 18.6 Å². The van der Waals surface area contributed by atoms with Crippen LogP contribution >= 0.6 is 23.1 Å². The van der Waals surface area contributed by atoms with E-state index in [-0.39, 0.29) is 11.8 Å². The van der Waals surface area contributed by atoms with E-state index in [1.165, 1.54) is 0 Å². The molecular weight excluding hydrogens is 297 g/mol. The third kappa shape index (κ3) is 5.40. The molecule has 0 aliphatic heterocycles. The summed E-state index contributed by atoms with van der Waals surface area (Å²) in [5.41, 5.74) is -0.866. The maximum Gasteiger partial charge on any atom is 0.434 e. The number of nitrogens with one attached hydrogen (secondary N) is 1. The fourth-order valence-corrected chi connectivity index (χ4v) is 2.80. The topological polar surface area (TPSA) is 42.0 Å². The molecule has 108 valence electrons. The van der Waals surface area contributed by atoms with Crippen molar-refractivity contribution in [1.82, 2.24) is 10.3 Å². The van der Waals surface area contributed by atoms with Crippen molar-refractivity contribution in [3.05, 3.63) is 16.1 Å². The van der Waals surface area contributed by atoms with Crippen LogP contribution in [0.5, 0.6) is 0 Å². The van der Waals surface area contributed by atoms with Crippen molar-refractivity contribution in [1.29, 1.82) is 0 Å². The Kier molecular flexibility index (Phi) is 6.12. The minimum atomic E-state index is -4.40. The highest BCUT2D eigenvalue weighted by Crippen LogP contribution is 2.29. The number of thioether (sulfide) groups is 1. The van der Waals surface area contributed by atoms with Crippen molar-refractivity contribution in [2.24, 2.45) is 5.92 Å². The molecular formula is C11H15F3N2OS2. The van der Waals surface area contributed by atoms with Crippen molar-refractivity contribution >= 4 is 29.0 Å². The van der Waals surface area contributed by atoms with Gasteiger partial charge in [-0.05, 0) is 6.26 Å². The lowest BCUT2D eigenvalue weighted by Gasteiger charge is -2.09. The Balaban J connectivity index is 2.37. The van der Waals surface area contributed by atoms with E-state index in [2.05, 4.69) is 10.3 Å². The minimum Gasteiger partial charge on any atom is -0.355 e. The summed E-state index contributed by atoms with van der Waals surface area (Å²) in [5.74, 6) is 0.542. The van der Waals surface area contributed by atoms with Crippen LogP contribution in [-0.4, -0.2) is 29.4 Å². The Labute approximate surface area is 118 Å². The molecule has 1 atom stereocenters. The summed E-state index contributed by atoms with van der Waals surface area (Å²) < 4.78 is 36.9. The number of nitrogens with zero attached hydrogens (tertiary/aromatic N) is 1. The zero-order chi connectivity index (χ0) is 14.5. The van der Waals surface area contributed by atoms with Crippen LogP contribution < -0.4 is 5.32 Å². The molecule has 3 nitrogen and oxygen atoms in total. The first-order valence-electron chi connectivity index (χ1n) is 5.63. The summed E-state index contributed by atoms with van der Waals surface area (Å²) in [6.45, 7) is 2.12. The zero-order valence-electron chi connectivity index (χ0n) is 10.6. The molecule has 0 bridgehead atoms. The zero-order valence-corrected chi connectivity index (χ0v) is 12.2. The van der Waals surface area contributed by atoms with Gasteiger partial charge >= 0.3 is 6.18 Å². The van der Waals surface area contributed by atoms with Gasteiger partial charge in [-0.3, -0.25) is 4.79 Å². The van der Waals surface area contributed by atoms with Gasteiger partial charge in [-0.25, -0.2) is 4.98 Å². The second kappa shape index (κ2) is 7.14. The highest BCUT2D eigenvalue weighted by atomic mass is 32.2. The van der Waals surface area contributed by atoms with Crippen LogP contribution in [0.2, 0.25) is 0 Å². The molecule has 0 fully saturated rings. The summed E-state index contributed by atoms with van der Waals surface area (Å²) in [7, 11) is 0. The molecule has 0 saturated carbocycles. The molecule has 8 heteroatoms. The van der Waals surface area contributed by atoms with E-state index in [1.54, 1.807) is 11.8 Å². The first kappa shape index (κ1) is 16.3. The molecule has 1 aromatic rings. The fraction of sp³-hybridized carbons (Fsp3) is 0.636. The number of alkyl halides is 3. The smallest absolute Gasteiger partial charge is 0.355 e. The maximum absolute atomic E-state index is 12.3. The molecule has 0 spiro atoms. The average Bonchev–Trinajstić information content (AvgIpc) is 2.77. The normalized spacial score (nSPS) is 13.3. The summed E-state index contributed by atoms with van der Waals surface area (Å²) in [6, 6.07) is 0. The minimum absolute atomic E-state index is 0.0815. The number of carbonyl (C=O) groups is 1. The van der Waals surface area contributed by atoms with Crippen LogP contribution in [0.15, 0.2) is 5.38 Å². The number of aromatic nitrogens is 1. The molecule has 1 N–H and O–H groups in total. The molecule has 0 unspecified atom stereocenters. The molecule has 1 aromatic heterocycles. The van der Waals surface area contributed by atoms with Gasteiger partial charge in [0.15, 0.2) is 5.69 Å². The van der Waals surface area contributed by atoms with Gasteiger partial charge < -0.3 is 5.32 Å². The average molecular weight is 312 g/mol. The molecule has 0 saturated heterocycles. The second-order valence-corrected chi connectivity index (χ2v) is 5.87. The number of carbonyl (C=O) groups excluding carboxylic acids is 1. The number of thiazole rings is 1. The summed E-state index contributed by atoms with van der Waals surface area (Å²) in [6.07, 6.45) is -2.17. The van der Waals surface area contributed by atoms with Gasteiger partial charge in [0.1, 0.15) is 0 Å². The standard InChI is InChI=1S/C11H15F3N2OS2/c1-7(5-18-2)10(17)15-4-3-9-16-8(6-19-9)11(12,13)14/h6-7H,3-5H2,1-2H3,(H,15,17)/t7-/m0/s1. The van der Waals surface area contributed by atoms with Crippen molar-refractivity contribution < 1.29 is 18.0 Å². The van der Waals surface area contributed by atoms with Crippen molar-refractivity contribution in [3.63, 3.8) is 0 Å². The van der Waals surface area contributed by atoms with Gasteiger partial charge in [0.05, 0.1) is 5.01 Å². The molecule has 0 aromatic carbocycles. The quantitative estimate of drug-likeness (QED) is 0.878. The third-order valence-electron chi connectivity index (χ3n) is 2.34. The predicted molar refractivity (Wildman–Crippen MR) is 71.4 cm³/mol. The predicted octanol–water partition coefficient (Wildman–Crippen LogP) is 2.82. The molecule has 0 radical (unpaired) electrons. The van der Waals surface area contributed by atoms with Crippen molar-refractivity contribution in [2.45, 2.75) is 19.5 Å². The molecule has 1 amide bonds. The largest absolute Gasteiger partial charge is 0.434 e. The van der Waals surface area contributed by atoms with Crippen LogP contribution in [0.1, 0.15) is 17.6 Å². The van der Waals surface area contributed by atoms with Gasteiger partial charge in [-0.2, -0.15) is 24.9 Å². The van der Waals surface area contributed by atoms with Gasteiger partial charge in [0, 0.05) is 30.0 Å². The molecule has 19 heavy (non-hydrogen) atoms. The van der Waals surface area contributed by atoms with E-state index in [4.69, 9.17) is 0 Å². The fourth-order valence-electron chi connectivity index (χ4n) is 1.35. The number of amides is 1. The van der Waals surface area contributed by atoms with Crippen LogP contribution in [0.4, 0.5) is 13.2 Å². The second-order valence-electron chi connectivity index (χ2n) is 4.02. The first-order valence-corrected chi connectivity index (χ1v) is 7.90. The highest BCUT2D eigenvalue weighted by molar-refractivity contribution is 7.98. The number of hydrogen-bond acceptors (Lipinski definition) is 4. The summed E-state index contributed by atoms with van der Waals surface area (Å²) >= 11 is 2.54. The Morgan fingerprint density at radius 1 is 1.58 bits per heavy atom. The number of halogens is 3. The van der Waals surface area contributed by atoms with E-state index >= 15 is 0 Å². The summed E-state index contributed by atoms with van der Waals surface area (Å²) in [5, 5.41) is 4.07. The highest BCUT2D eigenvalue weighted by Gasteiger charge is 2.33. The Morgan fingerprint density at radius 3 is 2.79 bits per heavy atom. The third-order valence-corrected chi connectivity index (χ3v) is 4.09. The van der Waals surface area contributed by atoms with Gasteiger partial charge in [0.25, 0.3) is 0 Å². The van der Waals surface area contributed by atoms with Gasteiger partial charge in [-0.1, -0.05) is 6.92 Å². The lowest BCUT2D eigenvalue weighted by molar-refractivity contribution is -0.140. The van der Waals surface area contributed by atoms with Gasteiger partial charge in [-0.15, -0.1) is 11.3 Å². The molecule has 0 aliphatic rings. The van der Waals surface area contributed by atoms with Crippen LogP contribution in [0, 0.1) is 5.92 Å². The Hall–Kier alpha value is -0.760. The monoisotopic (exact) mass is 312 g/mol. The summed E-state index contributed by atoms with van der Waals surface area (Å²) in [4.78, 5) is 15.1. The van der Waals surface area contributed by atoms with Crippen LogP contribution in [0.3, 0.4) is 0 Å². The van der Waals surface area contributed by atoms with E-state index in [9.17, 15) is 18.0 Å². The SMILES string of the molecule is CSC[C@H](C)C(=O)NCCc1nc(C(F)(F)F)cs1. The first-order chi connectivity index (χ1) is 8.84. The van der Waals surface area contributed by atoms with E-state index in [0.29, 0.717) is 18.0 Å². The Morgan fingerprint density at radius 2 is 2.26 bits per heavy atom. The number of rotatable bonds is 6. The maximum atomic E-state index is 12.3. The Bertz CT molecular complexity index is 420. The van der Waals surface area contributed by atoms with Crippen molar-refractivity contribution in [3.8, 4) is 0 Å². The molecule has 1 heterocycles. The van der Waals surface area contributed by atoms with E-state index in [0.717, 1.165) is 22.5 Å². The lowest BCUT2D eigenvalue weighted by atomic mass is 10.2.